The first-order valence-electron chi connectivity index (χ1n) is 23.0. The fourth-order valence-electron chi connectivity index (χ4n) is 6.05. The van der Waals surface area contributed by atoms with E-state index >= 15 is 0 Å². The van der Waals surface area contributed by atoms with Gasteiger partial charge in [-0.2, -0.15) is 0 Å². The molecule has 1 unspecified atom stereocenters. The Morgan fingerprint density at radius 2 is 1.00 bits per heavy atom. The minimum Gasteiger partial charge on any atom is -0.756 e. The Balaban J connectivity index is 4.29. The van der Waals surface area contributed by atoms with Crippen molar-refractivity contribution in [1.82, 2.24) is 0 Å². The Morgan fingerprint density at radius 1 is 0.561 bits per heavy atom. The number of likely N-dealkylation sites (N-methyl/N-ethyl adjacent to an activating group) is 1. The van der Waals surface area contributed by atoms with Gasteiger partial charge in [-0.1, -0.05) is 184 Å². The molecule has 0 amide bonds. The number of carbonyl (C=O) groups is 1. The molecule has 0 heterocycles. The first-order chi connectivity index (χ1) is 27.6. The number of phosphoric acid groups is 1. The standard InChI is InChI=1S/C48H88NO7P/c1-6-8-10-12-14-16-18-20-22-24-26-28-30-32-34-36-38-40-43-53-45-47(46-55-57(51,52)54-44-42-49(3,4)5)56-48(50)41-39-37-35-33-31-29-27-25-23-21-19-17-15-13-11-9-7-2/h9,11,15,17,21,23,27,29,33,35,47H,6-8,10,12-14,16,18-20,22,24-26,28,30-32,34,36-46H2,1-5H3/b11-9-,17-15-,23-21-,29-27-,35-33-/t47-/m1/s1. The van der Waals surface area contributed by atoms with E-state index in [0.29, 0.717) is 24.1 Å². The van der Waals surface area contributed by atoms with Crippen molar-refractivity contribution in [2.24, 2.45) is 0 Å². The maximum atomic E-state index is 12.7. The number of carbonyl (C=O) groups excluding carboxylic acids is 1. The molecule has 8 nitrogen and oxygen atoms in total. The highest BCUT2D eigenvalue weighted by Gasteiger charge is 2.20. The van der Waals surface area contributed by atoms with Crippen LogP contribution in [0.1, 0.15) is 181 Å². The van der Waals surface area contributed by atoms with E-state index in [0.717, 1.165) is 51.4 Å². The minimum atomic E-state index is -4.54. The van der Waals surface area contributed by atoms with Crippen molar-refractivity contribution in [2.75, 3.05) is 54.1 Å². The van der Waals surface area contributed by atoms with Crippen LogP contribution in [0, 0.1) is 0 Å². The summed E-state index contributed by atoms with van der Waals surface area (Å²) in [7, 11) is 1.32. The van der Waals surface area contributed by atoms with Gasteiger partial charge in [0.15, 0.2) is 0 Å². The molecule has 0 aromatic rings. The monoisotopic (exact) mass is 822 g/mol. The smallest absolute Gasteiger partial charge is 0.306 e. The van der Waals surface area contributed by atoms with E-state index in [1.807, 2.05) is 21.1 Å². The van der Waals surface area contributed by atoms with Gasteiger partial charge in [0.2, 0.25) is 0 Å². The molecule has 0 aliphatic rings. The van der Waals surface area contributed by atoms with E-state index in [1.54, 1.807) is 0 Å². The third-order valence-corrected chi connectivity index (χ3v) is 10.5. The lowest BCUT2D eigenvalue weighted by molar-refractivity contribution is -0.870. The maximum absolute atomic E-state index is 12.7. The predicted octanol–water partition coefficient (Wildman–Crippen LogP) is 13.1. The van der Waals surface area contributed by atoms with Gasteiger partial charge in [-0.25, -0.2) is 0 Å². The molecule has 0 radical (unpaired) electrons. The third kappa shape index (κ3) is 45.1. The summed E-state index contributed by atoms with van der Waals surface area (Å²) in [4.78, 5) is 25.1. The zero-order valence-electron chi connectivity index (χ0n) is 37.5. The van der Waals surface area contributed by atoms with Crippen LogP contribution in [-0.2, 0) is 27.9 Å². The summed E-state index contributed by atoms with van der Waals surface area (Å²) < 4.78 is 34.6. The number of quaternary nitrogens is 1. The van der Waals surface area contributed by atoms with Crippen LogP contribution in [0.3, 0.4) is 0 Å². The lowest BCUT2D eigenvalue weighted by Gasteiger charge is -2.28. The van der Waals surface area contributed by atoms with Crippen molar-refractivity contribution in [1.29, 1.82) is 0 Å². The summed E-state index contributed by atoms with van der Waals surface area (Å²) in [6.45, 7) is 5.23. The first-order valence-corrected chi connectivity index (χ1v) is 24.5. The molecule has 0 saturated heterocycles. The summed E-state index contributed by atoms with van der Waals surface area (Å²) in [5.74, 6) is -0.389. The highest BCUT2D eigenvalue weighted by molar-refractivity contribution is 7.45. The van der Waals surface area contributed by atoms with E-state index in [9.17, 15) is 14.3 Å². The molecular weight excluding hydrogens is 734 g/mol. The van der Waals surface area contributed by atoms with E-state index in [1.165, 1.54) is 103 Å². The number of esters is 1. The number of nitrogens with zero attached hydrogens (tertiary/aromatic N) is 1. The highest BCUT2D eigenvalue weighted by Crippen LogP contribution is 2.38. The Kier molecular flexibility index (Phi) is 39.7. The molecule has 332 valence electrons. The van der Waals surface area contributed by atoms with Crippen LogP contribution in [0.5, 0.6) is 0 Å². The Bertz CT molecular complexity index is 1090. The van der Waals surface area contributed by atoms with Gasteiger partial charge in [0.05, 0.1) is 34.4 Å². The fourth-order valence-corrected chi connectivity index (χ4v) is 6.78. The molecule has 2 atom stereocenters. The molecule has 0 rings (SSSR count). The van der Waals surface area contributed by atoms with E-state index in [-0.39, 0.29) is 32.2 Å². The molecule has 57 heavy (non-hydrogen) atoms. The molecule has 0 aromatic carbocycles. The number of phosphoric ester groups is 1. The van der Waals surface area contributed by atoms with Crippen LogP contribution < -0.4 is 4.89 Å². The second kappa shape index (κ2) is 41.0. The van der Waals surface area contributed by atoms with Crippen molar-refractivity contribution < 1.29 is 37.3 Å². The van der Waals surface area contributed by atoms with Gasteiger partial charge in [-0.05, 0) is 51.4 Å². The van der Waals surface area contributed by atoms with Crippen LogP contribution in [0.25, 0.3) is 0 Å². The van der Waals surface area contributed by atoms with Crippen LogP contribution >= 0.6 is 7.82 Å². The zero-order chi connectivity index (χ0) is 42.0. The topological polar surface area (TPSA) is 94.1 Å². The summed E-state index contributed by atoms with van der Waals surface area (Å²) in [5, 5.41) is 0. The van der Waals surface area contributed by atoms with Crippen molar-refractivity contribution in [3.63, 3.8) is 0 Å². The summed E-state index contributed by atoms with van der Waals surface area (Å²) in [6, 6.07) is 0. The quantitative estimate of drug-likeness (QED) is 0.0199. The number of rotatable bonds is 42. The van der Waals surface area contributed by atoms with Crippen molar-refractivity contribution >= 4 is 13.8 Å². The Labute approximate surface area is 351 Å². The van der Waals surface area contributed by atoms with Gasteiger partial charge in [0, 0.05) is 13.0 Å². The molecule has 0 spiro atoms. The highest BCUT2D eigenvalue weighted by atomic mass is 31.2. The largest absolute Gasteiger partial charge is 0.756 e. The van der Waals surface area contributed by atoms with Gasteiger partial charge in [0.1, 0.15) is 19.3 Å². The van der Waals surface area contributed by atoms with Crippen molar-refractivity contribution in [2.45, 2.75) is 187 Å². The van der Waals surface area contributed by atoms with Crippen LogP contribution in [0.2, 0.25) is 0 Å². The molecule has 0 bridgehead atoms. The normalized spacial score (nSPS) is 14.3. The average molecular weight is 822 g/mol. The zero-order valence-corrected chi connectivity index (χ0v) is 38.4. The van der Waals surface area contributed by atoms with Gasteiger partial charge >= 0.3 is 5.97 Å². The van der Waals surface area contributed by atoms with Gasteiger partial charge in [-0.3, -0.25) is 9.36 Å². The SMILES string of the molecule is CC/C=C\C/C=C\C/C=C\C/C=C\C/C=C\CCCC(=O)O[C@H](COCCCCCCCCCCCCCCCCCCCC)COP(=O)([O-])OCC[N+](C)(C)C. The molecule has 0 aliphatic carbocycles. The van der Waals surface area contributed by atoms with Gasteiger partial charge in [0.25, 0.3) is 7.82 Å². The molecule has 9 heteroatoms. The third-order valence-electron chi connectivity index (χ3n) is 9.58. The lowest BCUT2D eigenvalue weighted by atomic mass is 10.0. The van der Waals surface area contributed by atoms with Crippen molar-refractivity contribution in [3.8, 4) is 0 Å². The van der Waals surface area contributed by atoms with E-state index < -0.39 is 13.9 Å². The second-order valence-corrected chi connectivity index (χ2v) is 17.8. The van der Waals surface area contributed by atoms with Crippen LogP contribution in [-0.4, -0.2) is 70.7 Å². The first kappa shape index (κ1) is 55.2. The Morgan fingerprint density at radius 3 is 1.46 bits per heavy atom. The van der Waals surface area contributed by atoms with Crippen LogP contribution in [0.4, 0.5) is 0 Å². The minimum absolute atomic E-state index is 0.0143. The molecule has 0 aliphatic heterocycles. The fraction of sp³-hybridized carbons (Fsp3) is 0.771. The number of hydrogen-bond acceptors (Lipinski definition) is 7. The molecular formula is C48H88NO7P. The number of hydrogen-bond donors (Lipinski definition) is 0. The molecule has 0 saturated carbocycles. The number of ether oxygens (including phenoxy) is 2. The molecule has 0 fully saturated rings. The number of allylic oxidation sites excluding steroid dienone is 10. The van der Waals surface area contributed by atoms with E-state index in [4.69, 9.17) is 18.5 Å². The summed E-state index contributed by atoms with van der Waals surface area (Å²) in [6.07, 6.45) is 51.0. The number of unbranched alkanes of at least 4 members (excludes halogenated alkanes) is 18. The second-order valence-electron chi connectivity index (χ2n) is 16.4. The maximum Gasteiger partial charge on any atom is 0.306 e. The van der Waals surface area contributed by atoms with Crippen LogP contribution in [0.15, 0.2) is 60.8 Å². The summed E-state index contributed by atoms with van der Waals surface area (Å²) >= 11 is 0. The Hall–Kier alpha value is -1.80. The van der Waals surface area contributed by atoms with Crippen molar-refractivity contribution in [3.05, 3.63) is 60.8 Å². The average Bonchev–Trinajstić information content (AvgIpc) is 3.16. The summed E-state index contributed by atoms with van der Waals surface area (Å²) in [5.41, 5.74) is 0. The lowest BCUT2D eigenvalue weighted by Crippen LogP contribution is -2.37. The van der Waals surface area contributed by atoms with Gasteiger partial charge in [-0.15, -0.1) is 0 Å². The molecule has 0 N–H and O–H groups in total. The van der Waals surface area contributed by atoms with Gasteiger partial charge < -0.3 is 27.9 Å². The molecule has 0 aromatic heterocycles. The predicted molar refractivity (Wildman–Crippen MR) is 240 cm³/mol. The van der Waals surface area contributed by atoms with E-state index in [2.05, 4.69) is 74.6 Å².